The zero-order valence-electron chi connectivity index (χ0n) is 20.3. The van der Waals surface area contributed by atoms with Crippen LogP contribution in [0.1, 0.15) is 49.0 Å². The third-order valence-electron chi connectivity index (χ3n) is 6.79. The Balaban J connectivity index is 1.55. The maximum atomic E-state index is 13.6. The smallest absolute Gasteiger partial charge is 0.229 e. The second-order valence-corrected chi connectivity index (χ2v) is 9.38. The lowest BCUT2D eigenvalue weighted by Crippen LogP contribution is -2.50. The first-order valence-corrected chi connectivity index (χ1v) is 11.7. The van der Waals surface area contributed by atoms with Crippen molar-refractivity contribution in [1.82, 2.24) is 14.5 Å². The molecule has 0 spiro atoms. The van der Waals surface area contributed by atoms with Gasteiger partial charge in [-0.1, -0.05) is 25.1 Å². The third kappa shape index (κ3) is 4.98. The van der Waals surface area contributed by atoms with Gasteiger partial charge in [-0.2, -0.15) is 0 Å². The summed E-state index contributed by atoms with van der Waals surface area (Å²) in [5, 5.41) is 18.9. The quantitative estimate of drug-likeness (QED) is 0.468. The van der Waals surface area contributed by atoms with Crippen molar-refractivity contribution in [1.29, 1.82) is 5.41 Å². The van der Waals surface area contributed by atoms with E-state index in [1.807, 2.05) is 42.8 Å². The first-order chi connectivity index (χ1) is 16.8. The molecule has 2 N–H and O–H groups in total. The summed E-state index contributed by atoms with van der Waals surface area (Å²) in [4.78, 5) is 19.6. The number of piperidine rings is 1. The molecule has 2 aromatic carbocycles. The summed E-state index contributed by atoms with van der Waals surface area (Å²) < 4.78 is 20.8. The van der Waals surface area contributed by atoms with Gasteiger partial charge in [-0.15, -0.1) is 0 Å². The molecule has 0 saturated carbocycles. The van der Waals surface area contributed by atoms with Gasteiger partial charge in [0.2, 0.25) is 5.91 Å². The number of aliphatic hydroxyl groups is 1. The standard InChI is InChI=1S/C27H31FN4O3/c1-18-15-31(17-30-18)23-10-7-20(13-25(23)35-3)22(29)14-27(2)11-4-12-32(26(27)34)24(16-33)19-5-8-21(28)9-6-19/h5-10,13,15,17,24,29,33H,4,11-12,14,16H2,1-3H3. The summed E-state index contributed by atoms with van der Waals surface area (Å²) in [5.74, 6) is 0.149. The van der Waals surface area contributed by atoms with E-state index in [2.05, 4.69) is 4.98 Å². The number of halogens is 1. The molecule has 2 atom stereocenters. The number of hydrogen-bond acceptors (Lipinski definition) is 5. The highest BCUT2D eigenvalue weighted by atomic mass is 19.1. The van der Waals surface area contributed by atoms with Crippen molar-refractivity contribution in [3.8, 4) is 11.4 Å². The number of amides is 1. The van der Waals surface area contributed by atoms with Gasteiger partial charge in [-0.25, -0.2) is 9.37 Å². The Morgan fingerprint density at radius 1 is 1.29 bits per heavy atom. The minimum absolute atomic E-state index is 0.102. The van der Waals surface area contributed by atoms with E-state index >= 15 is 0 Å². The maximum absolute atomic E-state index is 13.6. The number of carbonyl (C=O) groups is 1. The van der Waals surface area contributed by atoms with Crippen LogP contribution in [0.2, 0.25) is 0 Å². The van der Waals surface area contributed by atoms with Crippen LogP contribution in [-0.4, -0.2) is 51.4 Å². The largest absolute Gasteiger partial charge is 0.495 e. The number of methoxy groups -OCH3 is 1. The Kier molecular flexibility index (Phi) is 7.03. The normalized spacial score (nSPS) is 19.0. The fourth-order valence-corrected chi connectivity index (χ4v) is 4.85. The number of aliphatic hydroxyl groups excluding tert-OH is 1. The summed E-state index contributed by atoms with van der Waals surface area (Å²) >= 11 is 0. The molecule has 4 rings (SSSR count). The van der Waals surface area contributed by atoms with E-state index in [-0.39, 0.29) is 24.8 Å². The van der Waals surface area contributed by atoms with Gasteiger partial charge >= 0.3 is 0 Å². The summed E-state index contributed by atoms with van der Waals surface area (Å²) in [5.41, 5.74) is 2.65. The summed E-state index contributed by atoms with van der Waals surface area (Å²) in [7, 11) is 1.59. The van der Waals surface area contributed by atoms with E-state index < -0.39 is 11.5 Å². The van der Waals surface area contributed by atoms with Crippen molar-refractivity contribution in [3.63, 3.8) is 0 Å². The summed E-state index contributed by atoms with van der Waals surface area (Å²) in [6.07, 6.45) is 5.28. The fourth-order valence-electron chi connectivity index (χ4n) is 4.85. The van der Waals surface area contributed by atoms with Crippen molar-refractivity contribution < 1.29 is 19.0 Å². The number of hydrogen-bond donors (Lipinski definition) is 2. The molecule has 0 aliphatic carbocycles. The van der Waals surface area contributed by atoms with Crippen molar-refractivity contribution in [2.75, 3.05) is 20.3 Å². The highest BCUT2D eigenvalue weighted by molar-refractivity contribution is 6.02. The van der Waals surface area contributed by atoms with Crippen molar-refractivity contribution >= 4 is 11.6 Å². The zero-order valence-corrected chi connectivity index (χ0v) is 20.3. The van der Waals surface area contributed by atoms with Gasteiger partial charge in [-0.05, 0) is 55.2 Å². The highest BCUT2D eigenvalue weighted by Crippen LogP contribution is 2.39. The van der Waals surface area contributed by atoms with Crippen LogP contribution in [0, 0.1) is 23.6 Å². The molecule has 1 saturated heterocycles. The third-order valence-corrected chi connectivity index (χ3v) is 6.79. The number of ether oxygens (including phenoxy) is 1. The molecule has 2 heterocycles. The Labute approximate surface area is 204 Å². The number of nitrogens with zero attached hydrogens (tertiary/aromatic N) is 3. The molecule has 1 fully saturated rings. The monoisotopic (exact) mass is 478 g/mol. The minimum Gasteiger partial charge on any atom is -0.495 e. The number of rotatable bonds is 8. The maximum Gasteiger partial charge on any atom is 0.229 e. The van der Waals surface area contributed by atoms with Crippen molar-refractivity contribution in [2.24, 2.45) is 5.41 Å². The van der Waals surface area contributed by atoms with Crippen LogP contribution in [0.3, 0.4) is 0 Å². The molecule has 184 valence electrons. The first-order valence-electron chi connectivity index (χ1n) is 11.7. The van der Waals surface area contributed by atoms with Crippen LogP contribution in [0.15, 0.2) is 55.0 Å². The molecule has 1 amide bonds. The van der Waals surface area contributed by atoms with Crippen LogP contribution in [0.5, 0.6) is 5.75 Å². The van der Waals surface area contributed by atoms with Gasteiger partial charge in [0.15, 0.2) is 0 Å². The minimum atomic E-state index is -0.782. The molecule has 0 radical (unpaired) electrons. The summed E-state index contributed by atoms with van der Waals surface area (Å²) in [6, 6.07) is 10.9. The second kappa shape index (κ2) is 10.00. The SMILES string of the molecule is COc1cc(C(=N)CC2(C)CCCN(C(CO)c3ccc(F)cc3)C2=O)ccc1-n1cnc(C)c1. The lowest BCUT2D eigenvalue weighted by molar-refractivity contribution is -0.149. The zero-order chi connectivity index (χ0) is 25.2. The Morgan fingerprint density at radius 3 is 2.66 bits per heavy atom. The number of nitrogens with one attached hydrogen (secondary N) is 1. The van der Waals surface area contributed by atoms with Gasteiger partial charge in [0, 0.05) is 24.9 Å². The van der Waals surface area contributed by atoms with Gasteiger partial charge in [-0.3, -0.25) is 4.79 Å². The van der Waals surface area contributed by atoms with Gasteiger partial charge < -0.3 is 24.7 Å². The van der Waals surface area contributed by atoms with E-state index in [1.165, 1.54) is 12.1 Å². The Bertz CT molecular complexity index is 1220. The molecule has 8 heteroatoms. The number of benzene rings is 2. The average molecular weight is 479 g/mol. The molecule has 2 unspecified atom stereocenters. The van der Waals surface area contributed by atoms with Gasteiger partial charge in [0.1, 0.15) is 11.6 Å². The van der Waals surface area contributed by atoms with Gasteiger partial charge in [0.25, 0.3) is 0 Å². The van der Waals surface area contributed by atoms with Crippen LogP contribution in [-0.2, 0) is 4.79 Å². The lowest BCUT2D eigenvalue weighted by atomic mass is 9.75. The van der Waals surface area contributed by atoms with E-state index in [0.29, 0.717) is 35.6 Å². The average Bonchev–Trinajstić information content (AvgIpc) is 3.29. The van der Waals surface area contributed by atoms with Crippen molar-refractivity contribution in [3.05, 3.63) is 77.6 Å². The molecule has 1 aliphatic rings. The van der Waals surface area contributed by atoms with E-state index in [4.69, 9.17) is 10.1 Å². The highest BCUT2D eigenvalue weighted by Gasteiger charge is 2.43. The number of carbonyl (C=O) groups excluding carboxylic acids is 1. The molecule has 35 heavy (non-hydrogen) atoms. The Hall–Kier alpha value is -3.52. The predicted molar refractivity (Wildman–Crippen MR) is 132 cm³/mol. The molecular weight excluding hydrogens is 447 g/mol. The van der Waals surface area contributed by atoms with Gasteiger partial charge in [0.05, 0.1) is 42.9 Å². The number of imidazole rings is 1. The lowest BCUT2D eigenvalue weighted by Gasteiger charge is -2.43. The van der Waals surface area contributed by atoms with E-state index in [9.17, 15) is 14.3 Å². The van der Waals surface area contributed by atoms with E-state index in [0.717, 1.165) is 17.8 Å². The topological polar surface area (TPSA) is 91.4 Å². The Morgan fingerprint density at radius 2 is 2.03 bits per heavy atom. The number of aryl methyl sites for hydroxylation is 1. The van der Waals surface area contributed by atoms with Crippen molar-refractivity contribution in [2.45, 2.75) is 39.2 Å². The summed E-state index contributed by atoms with van der Waals surface area (Å²) in [6.45, 7) is 4.05. The molecular formula is C27H31FN4O3. The first kappa shape index (κ1) is 24.6. The van der Waals surface area contributed by atoms with E-state index in [1.54, 1.807) is 30.5 Å². The van der Waals surface area contributed by atoms with Crippen LogP contribution in [0.4, 0.5) is 4.39 Å². The van der Waals surface area contributed by atoms with Crippen LogP contribution < -0.4 is 4.74 Å². The molecule has 7 nitrogen and oxygen atoms in total. The second-order valence-electron chi connectivity index (χ2n) is 9.38. The number of likely N-dealkylation sites (tertiary alicyclic amines) is 1. The fraction of sp³-hybridized carbons (Fsp3) is 0.370. The molecule has 1 aromatic heterocycles. The number of aromatic nitrogens is 2. The molecule has 1 aliphatic heterocycles. The molecule has 0 bridgehead atoms. The van der Waals surface area contributed by atoms with Crippen LogP contribution >= 0.6 is 0 Å². The predicted octanol–water partition coefficient (Wildman–Crippen LogP) is 4.45. The molecule has 3 aromatic rings. The van der Waals surface area contributed by atoms with Crippen LogP contribution in [0.25, 0.3) is 5.69 Å².